The molecule has 0 radical (unpaired) electrons. The second-order valence-corrected chi connectivity index (χ2v) is 25.5. The topological polar surface area (TPSA) is 555 Å². The van der Waals surface area contributed by atoms with Crippen molar-refractivity contribution in [1.29, 1.82) is 0 Å². The van der Waals surface area contributed by atoms with Gasteiger partial charge < -0.3 is 113 Å². The summed E-state index contributed by atoms with van der Waals surface area (Å²) in [6, 6.07) is -7.93. The van der Waals surface area contributed by atoms with Crippen LogP contribution in [0.15, 0.2) is 30.3 Å². The van der Waals surface area contributed by atoms with E-state index < -0.39 is 168 Å². The Morgan fingerprint density at radius 1 is 0.557 bits per heavy atom. The Morgan fingerprint density at radius 2 is 1.03 bits per heavy atom. The fourth-order valence-corrected chi connectivity index (χ4v) is 10.5. The van der Waals surface area contributed by atoms with Crippen LogP contribution in [0.2, 0.25) is 0 Å². The number of hydrogen-bond acceptors (Lipinski definition) is 21. The Bertz CT molecular complexity index is 2660. The molecule has 1 aromatic carbocycles. The Morgan fingerprint density at radius 3 is 1.56 bits per heavy atom. The third kappa shape index (κ3) is 32.2. The van der Waals surface area contributed by atoms with Gasteiger partial charge in [-0.15, -0.1) is 0 Å². The highest BCUT2D eigenvalue weighted by Crippen LogP contribution is 2.17. The van der Waals surface area contributed by atoms with E-state index in [0.717, 1.165) is 32.1 Å². The predicted molar refractivity (Wildman–Crippen MR) is 362 cm³/mol. The molecule has 0 saturated carbocycles. The van der Waals surface area contributed by atoms with Crippen LogP contribution in [0.25, 0.3) is 0 Å². The molecule has 97 heavy (non-hydrogen) atoms. The van der Waals surface area contributed by atoms with Crippen molar-refractivity contribution in [3.63, 3.8) is 0 Å². The number of carbonyl (C=O) groups excluding carboxylic acids is 12. The van der Waals surface area contributed by atoms with E-state index in [1.165, 1.54) is 13.8 Å². The van der Waals surface area contributed by atoms with Crippen LogP contribution in [-0.2, 0) is 68.7 Å². The standard InChI is InChI=1S/C64H114N18O15/c1-8-9-10-11-12-16-19-41(72-50(85)20-27-64(6,7)97-36-70)53(86)74-46(25-32-69)59(92)82-52(39(5)84)63(96)78-44(23-30-67)55(88)77-47-26-33-71-62(95)51(38(4)83)81-58(91)45(24-31-68)75-54(87)42(21-28-65)76-60(93)48(34-37(2)3)79-61(94)49(35-40-17-14-13-15-18-40)80-56(89)43(22-29-66)73-57(47)90/h13-15,17-18,37-39,41-49,51-52,83-84H,8-12,16,19-36,65-70H2,1-7H3,(H,71,95)(H,72,85)(H,73,90)(H,74,86)(H,75,87)(H,76,93)(H,77,88)(H,78,96)(H,79,94)(H,80,89)(H,81,91)(H,82,92)/t38-,39-,41+,42+,43+,44+,45+,46+,47+,48+,49-,51+,52+/m1/s1. The monoisotopic (exact) mass is 1370 g/mol. The van der Waals surface area contributed by atoms with Gasteiger partial charge in [0, 0.05) is 19.4 Å². The highest BCUT2D eigenvalue weighted by atomic mass is 16.5. The van der Waals surface area contributed by atoms with Crippen molar-refractivity contribution >= 4 is 70.9 Å². The zero-order chi connectivity index (χ0) is 72.8. The smallest absolute Gasteiger partial charge is 0.245 e. The number of amides is 12. The van der Waals surface area contributed by atoms with Crippen LogP contribution in [0, 0.1) is 5.92 Å². The van der Waals surface area contributed by atoms with Gasteiger partial charge in [-0.05, 0) is 130 Å². The molecule has 0 unspecified atom stereocenters. The van der Waals surface area contributed by atoms with Crippen molar-refractivity contribution in [3.8, 4) is 0 Å². The zero-order valence-electron chi connectivity index (χ0n) is 57.6. The Hall–Kier alpha value is -7.50. The summed E-state index contributed by atoms with van der Waals surface area (Å²) in [6.07, 6.45) is 0.857. The van der Waals surface area contributed by atoms with Crippen molar-refractivity contribution < 1.29 is 72.5 Å². The lowest BCUT2D eigenvalue weighted by Crippen LogP contribution is -2.62. The molecule has 550 valence electrons. The number of carbonyl (C=O) groups is 12. The van der Waals surface area contributed by atoms with Gasteiger partial charge in [0.1, 0.15) is 66.5 Å². The minimum atomic E-state index is -1.81. The molecular formula is C64H114N18O15. The molecule has 26 N–H and O–H groups in total. The van der Waals surface area contributed by atoms with Crippen LogP contribution in [-0.4, -0.2) is 211 Å². The summed E-state index contributed by atoms with van der Waals surface area (Å²) in [7, 11) is 0. The van der Waals surface area contributed by atoms with E-state index in [0.29, 0.717) is 12.0 Å². The molecule has 1 heterocycles. The van der Waals surface area contributed by atoms with Gasteiger partial charge in [0.2, 0.25) is 70.9 Å². The first-order chi connectivity index (χ1) is 46.0. The average Bonchev–Trinajstić information content (AvgIpc) is 1.12. The predicted octanol–water partition coefficient (Wildman–Crippen LogP) is -5.12. The third-order valence-corrected chi connectivity index (χ3v) is 16.1. The lowest BCUT2D eigenvalue weighted by molar-refractivity contribution is -0.137. The van der Waals surface area contributed by atoms with Crippen molar-refractivity contribution in [2.24, 2.45) is 40.3 Å². The molecule has 0 aliphatic carbocycles. The molecule has 33 heteroatoms. The summed E-state index contributed by atoms with van der Waals surface area (Å²) in [6.45, 7) is 10.1. The van der Waals surface area contributed by atoms with E-state index in [1.54, 1.807) is 58.0 Å². The largest absolute Gasteiger partial charge is 0.391 e. The third-order valence-electron chi connectivity index (χ3n) is 16.1. The molecule has 13 atom stereocenters. The van der Waals surface area contributed by atoms with Crippen LogP contribution >= 0.6 is 0 Å². The van der Waals surface area contributed by atoms with Gasteiger partial charge in [0.05, 0.1) is 24.5 Å². The highest BCUT2D eigenvalue weighted by molar-refractivity contribution is 5.99. The number of rotatable bonds is 37. The molecule has 1 aromatic rings. The first kappa shape index (κ1) is 85.6. The molecule has 1 saturated heterocycles. The van der Waals surface area contributed by atoms with Crippen LogP contribution in [0.1, 0.15) is 157 Å². The van der Waals surface area contributed by atoms with Crippen molar-refractivity contribution in [2.45, 2.75) is 242 Å². The Kier molecular flexibility index (Phi) is 40.5. The molecule has 0 bridgehead atoms. The lowest BCUT2D eigenvalue weighted by atomic mass is 10.00. The molecule has 0 aromatic heterocycles. The number of nitrogens with one attached hydrogen (secondary N) is 12. The van der Waals surface area contributed by atoms with E-state index in [4.69, 9.17) is 39.1 Å². The minimum absolute atomic E-state index is 0.0110. The summed E-state index contributed by atoms with van der Waals surface area (Å²) in [5.41, 5.74) is 35.0. The van der Waals surface area contributed by atoms with Crippen molar-refractivity contribution in [3.05, 3.63) is 35.9 Å². The number of ether oxygens (including phenoxy) is 1. The van der Waals surface area contributed by atoms with Crippen LogP contribution in [0.5, 0.6) is 0 Å². The first-order valence-corrected chi connectivity index (χ1v) is 33.8. The Balaban J connectivity index is 2.67. The molecule has 2 rings (SSSR count). The average molecular weight is 1380 g/mol. The second-order valence-electron chi connectivity index (χ2n) is 25.5. The molecule has 0 spiro atoms. The summed E-state index contributed by atoms with van der Waals surface area (Å²) in [4.78, 5) is 170. The highest BCUT2D eigenvalue weighted by Gasteiger charge is 2.38. The molecule has 1 aliphatic rings. The molecule has 1 aliphatic heterocycles. The SMILES string of the molecule is CCCCCCCC[C@H](NC(=O)CCC(C)(C)OCN)C(=O)N[C@@H](CCN)C(=O)N[C@H](C(=O)N[C@@H](CCN)C(=O)N[C@H]1CCNC(=O)[C@H]([C@@H](C)O)NC(=O)[C@H](CCN)NC(=O)[C@H](CCN)NC(=O)[C@H](CC(C)C)NC(=O)[C@@H](Cc2ccccc2)NC(=O)[C@H](CCN)NC1=O)[C@@H](C)O. The van der Waals surface area contributed by atoms with Gasteiger partial charge in [0.25, 0.3) is 0 Å². The minimum Gasteiger partial charge on any atom is -0.391 e. The lowest BCUT2D eigenvalue weighted by Gasteiger charge is -2.29. The van der Waals surface area contributed by atoms with E-state index in [1.807, 2.05) is 0 Å². The number of benzene rings is 1. The number of aliphatic hydroxyl groups is 2. The van der Waals surface area contributed by atoms with E-state index in [2.05, 4.69) is 70.7 Å². The fourth-order valence-electron chi connectivity index (χ4n) is 10.5. The van der Waals surface area contributed by atoms with Crippen molar-refractivity contribution in [1.82, 2.24) is 63.8 Å². The molecule has 12 amide bonds. The van der Waals surface area contributed by atoms with Gasteiger partial charge in [-0.2, -0.15) is 0 Å². The van der Waals surface area contributed by atoms with E-state index in [-0.39, 0.29) is 110 Å². The maximum atomic E-state index is 14.7. The van der Waals surface area contributed by atoms with Gasteiger partial charge >= 0.3 is 0 Å². The van der Waals surface area contributed by atoms with E-state index in [9.17, 15) is 67.7 Å². The normalized spacial score (nSPS) is 21.6. The first-order valence-electron chi connectivity index (χ1n) is 33.8. The van der Waals surface area contributed by atoms with Crippen LogP contribution < -0.4 is 98.2 Å². The van der Waals surface area contributed by atoms with E-state index >= 15 is 0 Å². The van der Waals surface area contributed by atoms with Gasteiger partial charge in [-0.1, -0.05) is 89.6 Å². The summed E-state index contributed by atoms with van der Waals surface area (Å²) < 4.78 is 5.52. The molecule has 33 nitrogen and oxygen atoms in total. The quantitative estimate of drug-likeness (QED) is 0.0219. The van der Waals surface area contributed by atoms with Gasteiger partial charge in [0.15, 0.2) is 0 Å². The fraction of sp³-hybridized carbons (Fsp3) is 0.719. The molecule has 1 fully saturated rings. The van der Waals surface area contributed by atoms with Crippen molar-refractivity contribution in [2.75, 3.05) is 46.0 Å². The summed E-state index contributed by atoms with van der Waals surface area (Å²) >= 11 is 0. The van der Waals surface area contributed by atoms with Gasteiger partial charge in [-0.25, -0.2) is 0 Å². The summed E-state index contributed by atoms with van der Waals surface area (Å²) in [5.74, 6) is -11.1. The molecular weight excluding hydrogens is 1260 g/mol. The number of nitrogens with two attached hydrogens (primary N) is 6. The van der Waals surface area contributed by atoms with Gasteiger partial charge in [-0.3, -0.25) is 57.5 Å². The number of hydrogen-bond donors (Lipinski definition) is 20. The Labute approximate surface area is 569 Å². The second kappa shape index (κ2) is 45.9. The number of aliphatic hydroxyl groups excluding tert-OH is 2. The number of unbranched alkanes of at least 4 members (excludes halogenated alkanes) is 5. The summed E-state index contributed by atoms with van der Waals surface area (Å²) in [5, 5.41) is 52.8. The van der Waals surface area contributed by atoms with Crippen LogP contribution in [0.4, 0.5) is 0 Å². The van der Waals surface area contributed by atoms with Crippen LogP contribution in [0.3, 0.4) is 0 Å². The maximum Gasteiger partial charge on any atom is 0.245 e. The zero-order valence-corrected chi connectivity index (χ0v) is 57.6. The maximum absolute atomic E-state index is 14.7.